The summed E-state index contributed by atoms with van der Waals surface area (Å²) in [6, 6.07) is 7.54. The molecule has 1 saturated heterocycles. The Bertz CT molecular complexity index is 414. The van der Waals surface area contributed by atoms with Crippen LogP contribution < -0.4 is 5.32 Å². The molecule has 0 amide bonds. The number of likely N-dealkylation sites (tertiary alicyclic amines) is 1. The number of nitro groups is 1. The third kappa shape index (κ3) is 3.27. The maximum absolute atomic E-state index is 10.7. The number of nitro benzene ring substituents is 1. The zero-order valence-corrected chi connectivity index (χ0v) is 10.6. The normalized spacial score (nSPS) is 17.8. The summed E-state index contributed by atoms with van der Waals surface area (Å²) in [7, 11) is 2.00. The summed E-state index contributed by atoms with van der Waals surface area (Å²) in [5, 5.41) is 14.0. The maximum atomic E-state index is 10.7. The van der Waals surface area contributed by atoms with Gasteiger partial charge in [-0.3, -0.25) is 15.0 Å². The highest BCUT2D eigenvalue weighted by Crippen LogP contribution is 2.17. The van der Waals surface area contributed by atoms with Gasteiger partial charge in [0.2, 0.25) is 0 Å². The van der Waals surface area contributed by atoms with Crippen LogP contribution in [0, 0.1) is 10.1 Å². The molecule has 1 aliphatic rings. The predicted molar refractivity (Wildman–Crippen MR) is 70.5 cm³/mol. The summed E-state index contributed by atoms with van der Waals surface area (Å²) in [5.41, 5.74) is 1.20. The van der Waals surface area contributed by atoms with Gasteiger partial charge in [-0.15, -0.1) is 0 Å². The molecule has 0 aliphatic carbocycles. The second-order valence-corrected chi connectivity index (χ2v) is 4.77. The van der Waals surface area contributed by atoms with E-state index in [1.165, 1.54) is 6.07 Å². The fourth-order valence-electron chi connectivity index (χ4n) is 2.41. The van der Waals surface area contributed by atoms with Crippen LogP contribution in [0.25, 0.3) is 0 Å². The van der Waals surface area contributed by atoms with Crippen molar-refractivity contribution in [3.8, 4) is 0 Å². The molecule has 0 bridgehead atoms. The van der Waals surface area contributed by atoms with Crippen molar-refractivity contribution < 1.29 is 4.92 Å². The molecule has 0 aromatic heterocycles. The second kappa shape index (κ2) is 5.93. The van der Waals surface area contributed by atoms with E-state index in [4.69, 9.17) is 0 Å². The van der Waals surface area contributed by atoms with E-state index < -0.39 is 0 Å². The smallest absolute Gasteiger partial charge is 0.269 e. The number of rotatable bonds is 4. The van der Waals surface area contributed by atoms with E-state index in [9.17, 15) is 10.1 Å². The fraction of sp³-hybridized carbons (Fsp3) is 0.538. The Hall–Kier alpha value is -1.46. The van der Waals surface area contributed by atoms with E-state index in [0.29, 0.717) is 6.04 Å². The van der Waals surface area contributed by atoms with Crippen molar-refractivity contribution >= 4 is 5.69 Å². The van der Waals surface area contributed by atoms with Gasteiger partial charge in [0.1, 0.15) is 0 Å². The van der Waals surface area contributed by atoms with Crippen molar-refractivity contribution in [1.29, 1.82) is 0 Å². The van der Waals surface area contributed by atoms with Crippen LogP contribution in [0.1, 0.15) is 18.4 Å². The molecule has 0 unspecified atom stereocenters. The molecule has 5 heteroatoms. The van der Waals surface area contributed by atoms with E-state index in [0.717, 1.165) is 38.0 Å². The number of hydrogen-bond donors (Lipinski definition) is 1. The van der Waals surface area contributed by atoms with E-state index in [1.807, 2.05) is 13.1 Å². The molecule has 1 heterocycles. The zero-order valence-electron chi connectivity index (χ0n) is 10.6. The molecule has 1 aromatic carbocycles. The van der Waals surface area contributed by atoms with Crippen LogP contribution >= 0.6 is 0 Å². The average Bonchev–Trinajstić information content (AvgIpc) is 2.40. The van der Waals surface area contributed by atoms with Crippen LogP contribution in [-0.2, 0) is 6.54 Å². The average molecular weight is 249 g/mol. The summed E-state index contributed by atoms with van der Waals surface area (Å²) in [6.45, 7) is 2.90. The number of hydrogen-bond acceptors (Lipinski definition) is 4. The first-order valence-electron chi connectivity index (χ1n) is 6.32. The van der Waals surface area contributed by atoms with Crippen LogP contribution in [-0.4, -0.2) is 36.0 Å². The molecule has 1 N–H and O–H groups in total. The van der Waals surface area contributed by atoms with Gasteiger partial charge in [-0.1, -0.05) is 12.1 Å². The van der Waals surface area contributed by atoms with Crippen molar-refractivity contribution in [2.75, 3.05) is 20.1 Å². The van der Waals surface area contributed by atoms with Gasteiger partial charge in [-0.2, -0.15) is 0 Å². The highest BCUT2D eigenvalue weighted by molar-refractivity contribution is 5.34. The number of piperidine rings is 1. The van der Waals surface area contributed by atoms with Crippen molar-refractivity contribution in [3.63, 3.8) is 0 Å². The third-order valence-corrected chi connectivity index (χ3v) is 3.52. The molecule has 1 fully saturated rings. The lowest BCUT2D eigenvalue weighted by Crippen LogP contribution is -2.40. The first-order chi connectivity index (χ1) is 8.69. The molecule has 0 saturated carbocycles. The van der Waals surface area contributed by atoms with Gasteiger partial charge in [0, 0.05) is 24.7 Å². The Labute approximate surface area is 107 Å². The van der Waals surface area contributed by atoms with Gasteiger partial charge in [0.25, 0.3) is 5.69 Å². The maximum Gasteiger partial charge on any atom is 0.269 e. The zero-order chi connectivity index (χ0) is 13.0. The molecule has 5 nitrogen and oxygen atoms in total. The van der Waals surface area contributed by atoms with Crippen molar-refractivity contribution in [3.05, 3.63) is 39.9 Å². The van der Waals surface area contributed by atoms with Gasteiger partial charge >= 0.3 is 0 Å². The number of nitrogens with zero attached hydrogens (tertiary/aromatic N) is 2. The molecule has 0 atom stereocenters. The lowest BCUT2D eigenvalue weighted by Gasteiger charge is -2.31. The number of benzene rings is 1. The summed E-state index contributed by atoms with van der Waals surface area (Å²) in [4.78, 5) is 12.7. The third-order valence-electron chi connectivity index (χ3n) is 3.52. The van der Waals surface area contributed by atoms with E-state index in [1.54, 1.807) is 12.1 Å². The molecule has 0 radical (unpaired) electrons. The van der Waals surface area contributed by atoms with Gasteiger partial charge < -0.3 is 5.32 Å². The molecule has 0 spiro atoms. The lowest BCUT2D eigenvalue weighted by atomic mass is 10.0. The molecule has 98 valence electrons. The molecule has 2 rings (SSSR count). The first-order valence-corrected chi connectivity index (χ1v) is 6.32. The monoisotopic (exact) mass is 249 g/mol. The summed E-state index contributed by atoms with van der Waals surface area (Å²) in [6.07, 6.45) is 2.29. The van der Waals surface area contributed by atoms with Gasteiger partial charge in [-0.05, 0) is 38.5 Å². The minimum absolute atomic E-state index is 0.178. The van der Waals surface area contributed by atoms with E-state index in [-0.39, 0.29) is 10.6 Å². The summed E-state index contributed by atoms with van der Waals surface area (Å²) >= 11 is 0. The topological polar surface area (TPSA) is 58.4 Å². The molecule has 1 aliphatic heterocycles. The van der Waals surface area contributed by atoms with E-state index in [2.05, 4.69) is 10.2 Å². The first kappa shape index (κ1) is 13.0. The summed E-state index contributed by atoms with van der Waals surface area (Å²) in [5.74, 6) is 0. The van der Waals surface area contributed by atoms with Crippen LogP contribution in [0.3, 0.4) is 0 Å². The minimum Gasteiger partial charge on any atom is -0.317 e. The molecular formula is C13H19N3O2. The Morgan fingerprint density at radius 3 is 2.78 bits per heavy atom. The quantitative estimate of drug-likeness (QED) is 0.652. The summed E-state index contributed by atoms with van der Waals surface area (Å²) < 4.78 is 0. The Morgan fingerprint density at radius 2 is 2.17 bits per heavy atom. The predicted octanol–water partition coefficient (Wildman–Crippen LogP) is 1.78. The van der Waals surface area contributed by atoms with Gasteiger partial charge in [-0.25, -0.2) is 0 Å². The Morgan fingerprint density at radius 1 is 1.44 bits per heavy atom. The van der Waals surface area contributed by atoms with Gasteiger partial charge in [0.15, 0.2) is 0 Å². The molecular weight excluding hydrogens is 230 g/mol. The highest BCUT2D eigenvalue weighted by Gasteiger charge is 2.18. The van der Waals surface area contributed by atoms with Gasteiger partial charge in [0.05, 0.1) is 4.92 Å². The lowest BCUT2D eigenvalue weighted by molar-refractivity contribution is -0.384. The van der Waals surface area contributed by atoms with Crippen LogP contribution in [0.5, 0.6) is 0 Å². The highest BCUT2D eigenvalue weighted by atomic mass is 16.6. The van der Waals surface area contributed by atoms with Crippen molar-refractivity contribution in [1.82, 2.24) is 10.2 Å². The van der Waals surface area contributed by atoms with Crippen LogP contribution in [0.2, 0.25) is 0 Å². The Balaban J connectivity index is 1.94. The largest absolute Gasteiger partial charge is 0.317 e. The second-order valence-electron chi connectivity index (χ2n) is 4.77. The van der Waals surface area contributed by atoms with Crippen molar-refractivity contribution in [2.45, 2.75) is 25.4 Å². The van der Waals surface area contributed by atoms with Crippen LogP contribution in [0.4, 0.5) is 5.69 Å². The van der Waals surface area contributed by atoms with Crippen LogP contribution in [0.15, 0.2) is 24.3 Å². The standard InChI is InChI=1S/C13H19N3O2/c1-14-12-5-7-15(8-6-12)10-11-3-2-4-13(9-11)16(17)18/h2-4,9,12,14H,5-8,10H2,1H3. The minimum atomic E-state index is -0.337. The molecule has 1 aromatic rings. The SMILES string of the molecule is CNC1CCN(Cc2cccc([N+](=O)[O-])c2)CC1. The number of nitrogens with one attached hydrogen (secondary N) is 1. The van der Waals surface area contributed by atoms with Crippen molar-refractivity contribution in [2.24, 2.45) is 0 Å². The molecule has 18 heavy (non-hydrogen) atoms. The van der Waals surface area contributed by atoms with E-state index >= 15 is 0 Å². The Kier molecular flexibility index (Phi) is 4.28. The fourth-order valence-corrected chi connectivity index (χ4v) is 2.41. The number of non-ortho nitro benzene ring substituents is 1.